The molecule has 2 atom stereocenters. The molecule has 2 aliphatic heterocycles. The Morgan fingerprint density at radius 1 is 0.613 bits per heavy atom. The standard InChI is InChI=1S/C28H33ClN5O6P.C28H35ClN5O4P/c1-3-40-41(38,19-21-7-9-23(10-8-21)34(36)37)32-15-13-31(14-16-32)25-18-30-33(24-6-4-5-22(29)17-24)27(35)26(25)39-20-28(2)11-12-28;1-3-38-39(36,19-21-7-9-23(30)10-8-21)33-15-13-32(14-16-33)25-18-31-34(24-6-4-5-22(29)17-24)27(35)26(25)37-20-28(2)11-12-28/h4-10,17-18H,3,11-16,19-20H2,1-2H3;4-10,17-18H,3,11-16,19-20,30H2,1-2H3. The average Bonchev–Trinajstić information content (AvgIpc) is 4.41. The Balaban J connectivity index is 0.000000194. The van der Waals surface area contributed by atoms with Crippen LogP contribution in [0.25, 0.3) is 11.4 Å². The van der Waals surface area contributed by atoms with Crippen LogP contribution in [0.4, 0.5) is 22.7 Å². The van der Waals surface area contributed by atoms with Crippen LogP contribution in [0.3, 0.4) is 0 Å². The van der Waals surface area contributed by atoms with Gasteiger partial charge in [0.2, 0.25) is 11.5 Å². The summed E-state index contributed by atoms with van der Waals surface area (Å²) in [5.41, 5.74) is 9.91. The van der Waals surface area contributed by atoms with Gasteiger partial charge in [-0.2, -0.15) is 19.6 Å². The summed E-state index contributed by atoms with van der Waals surface area (Å²) in [6.45, 7) is 13.4. The van der Waals surface area contributed by atoms with Gasteiger partial charge in [0.05, 0.1) is 67.4 Å². The number of rotatable bonds is 21. The number of nitro benzene ring substituents is 1. The second-order valence-corrected chi connectivity index (χ2v) is 27.0. The highest BCUT2D eigenvalue weighted by atomic mass is 35.5. The number of piperazine rings is 2. The fourth-order valence-electron chi connectivity index (χ4n) is 9.52. The van der Waals surface area contributed by atoms with Crippen LogP contribution in [0.15, 0.2) is 119 Å². The molecular weight excluding hydrogens is 1110 g/mol. The lowest BCUT2D eigenvalue weighted by molar-refractivity contribution is -0.384. The molecule has 2 N–H and O–H groups in total. The summed E-state index contributed by atoms with van der Waals surface area (Å²) in [6.07, 6.45) is 8.03. The Kier molecular flexibility index (Phi) is 18.3. The molecule has 2 unspecified atom stereocenters. The van der Waals surface area contributed by atoms with E-state index >= 15 is 0 Å². The molecule has 24 heteroatoms. The molecule has 2 aromatic heterocycles. The number of nitrogens with two attached hydrogens (primary N) is 1. The van der Waals surface area contributed by atoms with E-state index in [1.54, 1.807) is 80.0 Å². The fourth-order valence-corrected chi connectivity index (χ4v) is 14.5. The third kappa shape index (κ3) is 14.1. The van der Waals surface area contributed by atoms with Crippen LogP contribution in [0.2, 0.25) is 10.0 Å². The van der Waals surface area contributed by atoms with Crippen molar-refractivity contribution >= 4 is 61.0 Å². The third-order valence-corrected chi connectivity index (χ3v) is 20.7. The number of aromatic nitrogens is 4. The number of hydrogen-bond acceptors (Lipinski definition) is 15. The van der Waals surface area contributed by atoms with Gasteiger partial charge < -0.3 is 34.1 Å². The molecule has 0 radical (unpaired) electrons. The van der Waals surface area contributed by atoms with Crippen LogP contribution in [0.1, 0.15) is 64.5 Å². The number of halogens is 2. The van der Waals surface area contributed by atoms with Crippen molar-refractivity contribution in [2.45, 2.75) is 65.7 Å². The Morgan fingerprint density at radius 2 is 1.00 bits per heavy atom. The largest absolute Gasteiger partial charge is 0.486 e. The summed E-state index contributed by atoms with van der Waals surface area (Å²) in [6, 6.07) is 27.4. The smallest absolute Gasteiger partial charge is 0.316 e. The van der Waals surface area contributed by atoms with E-state index in [2.05, 4.69) is 28.9 Å². The Labute approximate surface area is 475 Å². The van der Waals surface area contributed by atoms with E-state index in [4.69, 9.17) is 47.5 Å². The van der Waals surface area contributed by atoms with Crippen molar-refractivity contribution in [3.05, 3.63) is 161 Å². The van der Waals surface area contributed by atoms with Gasteiger partial charge in [0, 0.05) is 91.1 Å². The van der Waals surface area contributed by atoms with Crippen LogP contribution >= 0.6 is 38.2 Å². The maximum Gasteiger partial charge on any atom is 0.316 e. The first kappa shape index (κ1) is 58.6. The molecule has 0 amide bonds. The topological polar surface area (TPSA) is 223 Å². The third-order valence-electron chi connectivity index (χ3n) is 14.9. The molecule has 10 rings (SSSR count). The van der Waals surface area contributed by atoms with Gasteiger partial charge in [0.1, 0.15) is 11.4 Å². The summed E-state index contributed by atoms with van der Waals surface area (Å²) < 4.78 is 58.5. The van der Waals surface area contributed by atoms with E-state index in [-0.39, 0.29) is 51.9 Å². The quantitative estimate of drug-likeness (QED) is 0.0306. The predicted molar refractivity (Wildman–Crippen MR) is 313 cm³/mol. The van der Waals surface area contributed by atoms with Gasteiger partial charge in [-0.25, -0.2) is 9.34 Å². The molecule has 2 saturated heterocycles. The first-order valence-corrected chi connectivity index (χ1v) is 31.2. The molecule has 4 fully saturated rings. The minimum absolute atomic E-state index is 0.0202. The maximum absolute atomic E-state index is 14.0. The number of anilines is 3. The SMILES string of the molecule is CCOP(=O)(Cc1ccc(N)cc1)N1CCN(c2cnn(-c3cccc(Cl)c3)c(=O)c2OCC2(C)CC2)CC1.CCOP(=O)(Cc1ccc([N+](=O)[O-])cc1)N1CCN(c2cnn(-c3cccc(Cl)c3)c(=O)c2OCC2(C)CC2)CC1. The number of non-ortho nitro benzene ring substituents is 1. The first-order valence-electron chi connectivity index (χ1n) is 26.9. The zero-order chi connectivity index (χ0) is 56.8. The molecule has 20 nitrogen and oxygen atoms in total. The normalized spacial score (nSPS) is 18.3. The van der Waals surface area contributed by atoms with Gasteiger partial charge in [-0.3, -0.25) is 28.8 Å². The van der Waals surface area contributed by atoms with Crippen molar-refractivity contribution < 1.29 is 32.6 Å². The van der Waals surface area contributed by atoms with E-state index in [0.29, 0.717) is 122 Å². The summed E-state index contributed by atoms with van der Waals surface area (Å²) >= 11 is 12.3. The number of nitrogen functional groups attached to an aromatic ring is 1. The number of ether oxygens (including phenoxy) is 2. The number of nitrogens with zero attached hydrogens (tertiary/aromatic N) is 9. The lowest BCUT2D eigenvalue weighted by atomic mass is 10.2. The molecule has 2 aliphatic carbocycles. The molecule has 4 heterocycles. The summed E-state index contributed by atoms with van der Waals surface area (Å²) in [4.78, 5) is 41.9. The highest BCUT2D eigenvalue weighted by molar-refractivity contribution is 7.56. The van der Waals surface area contributed by atoms with Gasteiger partial charge >= 0.3 is 11.1 Å². The maximum atomic E-state index is 14.0. The zero-order valence-corrected chi connectivity index (χ0v) is 48.8. The number of benzene rings is 4. The van der Waals surface area contributed by atoms with Crippen molar-refractivity contribution in [1.29, 1.82) is 0 Å². The average molecular weight is 1170 g/mol. The molecule has 80 heavy (non-hydrogen) atoms. The van der Waals surface area contributed by atoms with Crippen LogP contribution < -0.4 is 36.1 Å². The highest BCUT2D eigenvalue weighted by Gasteiger charge is 2.41. The molecule has 2 saturated carbocycles. The van der Waals surface area contributed by atoms with Crippen molar-refractivity contribution in [3.63, 3.8) is 0 Å². The Morgan fingerprint density at radius 3 is 1.35 bits per heavy atom. The van der Waals surface area contributed by atoms with Gasteiger partial charge in [-0.1, -0.05) is 73.4 Å². The van der Waals surface area contributed by atoms with Crippen molar-refractivity contribution in [1.82, 2.24) is 28.9 Å². The summed E-state index contributed by atoms with van der Waals surface area (Å²) in [5.74, 6) is 0.516. The molecule has 6 aromatic rings. The molecule has 4 aliphatic rings. The van der Waals surface area contributed by atoms with Gasteiger partial charge in [0.25, 0.3) is 20.7 Å². The van der Waals surface area contributed by atoms with E-state index in [9.17, 15) is 28.8 Å². The zero-order valence-electron chi connectivity index (χ0n) is 45.5. The van der Waals surface area contributed by atoms with Gasteiger partial charge in [0.15, 0.2) is 0 Å². The van der Waals surface area contributed by atoms with E-state index < -0.39 is 20.0 Å². The molecule has 4 aromatic carbocycles. The second kappa shape index (κ2) is 25.0. The monoisotopic (exact) mass is 1170 g/mol. The lowest BCUT2D eigenvalue weighted by Gasteiger charge is -2.39. The molecule has 426 valence electrons. The van der Waals surface area contributed by atoms with Crippen molar-refractivity contribution in [2.75, 3.05) is 94.3 Å². The predicted octanol–water partition coefficient (Wildman–Crippen LogP) is 10.7. The van der Waals surface area contributed by atoms with Gasteiger partial charge in [-0.05, 0) is 99.2 Å². The van der Waals surface area contributed by atoms with Crippen LogP contribution in [-0.4, -0.2) is 113 Å². The van der Waals surface area contributed by atoms with Crippen molar-refractivity contribution in [2.24, 2.45) is 10.8 Å². The van der Waals surface area contributed by atoms with Crippen LogP contribution in [-0.2, 0) is 30.5 Å². The lowest BCUT2D eigenvalue weighted by Crippen LogP contribution is -2.46. The van der Waals surface area contributed by atoms with Gasteiger partial charge in [-0.15, -0.1) is 0 Å². The minimum atomic E-state index is -3.26. The highest BCUT2D eigenvalue weighted by Crippen LogP contribution is 2.56. The summed E-state index contributed by atoms with van der Waals surface area (Å²) in [5, 5.41) is 20.9. The van der Waals surface area contributed by atoms with Crippen molar-refractivity contribution in [3.8, 4) is 22.9 Å². The number of hydrogen-bond donors (Lipinski definition) is 1. The molecular formula is C56H68Cl2N10O10P2. The molecule has 0 bridgehead atoms. The minimum Gasteiger partial charge on any atom is -0.486 e. The van der Waals surface area contributed by atoms with E-state index in [0.717, 1.165) is 31.2 Å². The van der Waals surface area contributed by atoms with E-state index in [1.807, 2.05) is 45.4 Å². The second-order valence-electron chi connectivity index (χ2n) is 21.3. The van der Waals surface area contributed by atoms with Crippen LogP contribution in [0.5, 0.6) is 11.5 Å². The summed E-state index contributed by atoms with van der Waals surface area (Å²) in [7, 11) is -6.37. The van der Waals surface area contributed by atoms with E-state index in [1.165, 1.54) is 21.5 Å². The Hall–Kier alpha value is -6.08. The first-order chi connectivity index (χ1) is 38.3. The fraction of sp³-hybridized carbons (Fsp3) is 0.429. The number of nitro groups is 1. The molecule has 0 spiro atoms. The van der Waals surface area contributed by atoms with Crippen LogP contribution in [0, 0.1) is 20.9 Å². The Bertz CT molecular complexity index is 3380.